The Kier molecular flexibility index (Phi) is 2.64. The Morgan fingerprint density at radius 3 is 2.04 bits per heavy atom. The van der Waals surface area contributed by atoms with Gasteiger partial charge < -0.3 is 8.83 Å². The molecule has 2 aromatic heterocycles. The number of benzene rings is 3. The Hall–Kier alpha value is -2.74. The van der Waals surface area contributed by atoms with Crippen LogP contribution in [0, 0.1) is 13.8 Å². The summed E-state index contributed by atoms with van der Waals surface area (Å²) in [7, 11) is 0. The summed E-state index contributed by atoms with van der Waals surface area (Å²) in [6.45, 7) is 6.37. The van der Waals surface area contributed by atoms with Gasteiger partial charge in [-0.05, 0) is 55.2 Å². The van der Waals surface area contributed by atoms with Crippen LogP contribution in [0.4, 0.5) is 0 Å². The molecule has 0 saturated heterocycles. The number of fused-ring (bicyclic) bond motifs is 7. The van der Waals surface area contributed by atoms with E-state index in [0.29, 0.717) is 0 Å². The lowest BCUT2D eigenvalue weighted by Crippen LogP contribution is -1.82. The van der Waals surface area contributed by atoms with Crippen LogP contribution in [0.1, 0.15) is 23.6 Å². The van der Waals surface area contributed by atoms with Gasteiger partial charge in [-0.15, -0.1) is 0 Å². The van der Waals surface area contributed by atoms with Crippen molar-refractivity contribution < 1.29 is 8.83 Å². The van der Waals surface area contributed by atoms with E-state index in [1.807, 2.05) is 0 Å². The summed E-state index contributed by atoms with van der Waals surface area (Å²) >= 11 is 0. The first-order valence-electron chi connectivity index (χ1n) is 8.43. The Balaban J connectivity index is 2.06. The number of hydrogen-bond acceptors (Lipinski definition) is 2. The number of hydrogen-bond donors (Lipinski definition) is 0. The van der Waals surface area contributed by atoms with Crippen LogP contribution in [0.3, 0.4) is 0 Å². The van der Waals surface area contributed by atoms with E-state index in [1.54, 1.807) is 0 Å². The number of furan rings is 2. The lowest BCUT2D eigenvalue weighted by molar-refractivity contribution is 0.633. The summed E-state index contributed by atoms with van der Waals surface area (Å²) < 4.78 is 12.5. The Morgan fingerprint density at radius 2 is 1.33 bits per heavy atom. The number of rotatable bonds is 1. The topological polar surface area (TPSA) is 26.3 Å². The fourth-order valence-corrected chi connectivity index (χ4v) is 3.74. The van der Waals surface area contributed by atoms with Gasteiger partial charge in [0.05, 0.1) is 0 Å². The molecule has 5 aromatic rings. The second kappa shape index (κ2) is 4.64. The summed E-state index contributed by atoms with van der Waals surface area (Å²) in [5.74, 6) is 0. The number of aryl methyl sites for hydroxylation is 3. The zero-order valence-corrected chi connectivity index (χ0v) is 14.1. The van der Waals surface area contributed by atoms with Gasteiger partial charge in [-0.25, -0.2) is 0 Å². The monoisotopic (exact) mass is 314 g/mol. The summed E-state index contributed by atoms with van der Waals surface area (Å²) in [6, 6.07) is 15.1. The van der Waals surface area contributed by atoms with Crippen molar-refractivity contribution in [3.63, 3.8) is 0 Å². The van der Waals surface area contributed by atoms with Gasteiger partial charge in [0.2, 0.25) is 0 Å². The maximum atomic E-state index is 6.26. The smallest absolute Gasteiger partial charge is 0.178 e. The second-order valence-corrected chi connectivity index (χ2v) is 6.67. The SMILES string of the molecule is CCc1cc2c3ccc(C)cc3oc2c2oc3cc(C)ccc3c12. The highest BCUT2D eigenvalue weighted by molar-refractivity contribution is 6.20. The average molecular weight is 314 g/mol. The molecule has 0 saturated carbocycles. The zero-order chi connectivity index (χ0) is 16.4. The molecule has 0 bridgehead atoms. The quantitative estimate of drug-likeness (QED) is 0.345. The molecule has 0 unspecified atom stereocenters. The van der Waals surface area contributed by atoms with E-state index in [-0.39, 0.29) is 0 Å². The summed E-state index contributed by atoms with van der Waals surface area (Å²) in [5, 5.41) is 4.66. The van der Waals surface area contributed by atoms with E-state index >= 15 is 0 Å². The largest absolute Gasteiger partial charge is 0.452 e. The molecular weight excluding hydrogens is 296 g/mol. The van der Waals surface area contributed by atoms with Gasteiger partial charge in [-0.3, -0.25) is 0 Å². The molecule has 0 atom stereocenters. The highest BCUT2D eigenvalue weighted by atomic mass is 16.4. The van der Waals surface area contributed by atoms with Crippen LogP contribution in [0.2, 0.25) is 0 Å². The zero-order valence-electron chi connectivity index (χ0n) is 14.1. The van der Waals surface area contributed by atoms with Crippen LogP contribution in [0.15, 0.2) is 51.3 Å². The van der Waals surface area contributed by atoms with Crippen molar-refractivity contribution in [2.75, 3.05) is 0 Å². The highest BCUT2D eigenvalue weighted by Crippen LogP contribution is 2.41. The molecule has 2 heteroatoms. The van der Waals surface area contributed by atoms with Gasteiger partial charge >= 0.3 is 0 Å². The van der Waals surface area contributed by atoms with Gasteiger partial charge in [0.15, 0.2) is 11.2 Å². The van der Waals surface area contributed by atoms with E-state index in [9.17, 15) is 0 Å². The predicted octanol–water partition coefficient (Wildman–Crippen LogP) is 6.66. The van der Waals surface area contributed by atoms with E-state index in [4.69, 9.17) is 8.83 Å². The molecule has 0 aliphatic heterocycles. The molecule has 24 heavy (non-hydrogen) atoms. The molecule has 0 aliphatic rings. The first kappa shape index (κ1) is 13.7. The standard InChI is InChI=1S/C22H18O2/c1-4-14-11-17-15-7-5-12(2)9-18(15)23-21(17)22-20(14)16-8-6-13(3)10-19(16)24-22/h5-11H,4H2,1-3H3. The Bertz CT molecular complexity index is 1250. The lowest BCUT2D eigenvalue weighted by Gasteiger charge is -2.01. The van der Waals surface area contributed by atoms with Gasteiger partial charge in [0, 0.05) is 21.5 Å². The molecule has 2 nitrogen and oxygen atoms in total. The van der Waals surface area contributed by atoms with Gasteiger partial charge in [-0.2, -0.15) is 0 Å². The minimum Gasteiger partial charge on any atom is -0.452 e. The van der Waals surface area contributed by atoms with Crippen molar-refractivity contribution in [1.29, 1.82) is 0 Å². The molecule has 0 N–H and O–H groups in total. The van der Waals surface area contributed by atoms with Crippen molar-refractivity contribution in [2.24, 2.45) is 0 Å². The Labute approximate surface area is 139 Å². The molecule has 0 amide bonds. The van der Waals surface area contributed by atoms with Gasteiger partial charge in [0.25, 0.3) is 0 Å². The van der Waals surface area contributed by atoms with Crippen LogP contribution in [-0.2, 0) is 6.42 Å². The van der Waals surface area contributed by atoms with E-state index < -0.39 is 0 Å². The van der Waals surface area contributed by atoms with Crippen LogP contribution in [0.25, 0.3) is 43.9 Å². The summed E-state index contributed by atoms with van der Waals surface area (Å²) in [4.78, 5) is 0. The van der Waals surface area contributed by atoms with Crippen molar-refractivity contribution in [3.05, 3.63) is 59.2 Å². The maximum Gasteiger partial charge on any atom is 0.178 e. The molecule has 3 aromatic carbocycles. The van der Waals surface area contributed by atoms with E-state index in [2.05, 4.69) is 63.2 Å². The first-order valence-corrected chi connectivity index (χ1v) is 8.43. The molecular formula is C22H18O2. The van der Waals surface area contributed by atoms with Gasteiger partial charge in [-0.1, -0.05) is 31.2 Å². The summed E-state index contributed by atoms with van der Waals surface area (Å²) in [5.41, 5.74) is 7.31. The van der Waals surface area contributed by atoms with Crippen LogP contribution in [-0.4, -0.2) is 0 Å². The normalized spacial score (nSPS) is 12.1. The molecule has 5 rings (SSSR count). The molecule has 0 spiro atoms. The van der Waals surface area contributed by atoms with Crippen molar-refractivity contribution in [2.45, 2.75) is 27.2 Å². The second-order valence-electron chi connectivity index (χ2n) is 6.67. The highest BCUT2D eigenvalue weighted by Gasteiger charge is 2.18. The predicted molar refractivity (Wildman–Crippen MR) is 99.9 cm³/mol. The molecule has 0 radical (unpaired) electrons. The van der Waals surface area contributed by atoms with E-state index in [0.717, 1.165) is 39.5 Å². The fourth-order valence-electron chi connectivity index (χ4n) is 3.74. The Morgan fingerprint density at radius 1 is 0.708 bits per heavy atom. The van der Waals surface area contributed by atoms with Crippen LogP contribution in [0.5, 0.6) is 0 Å². The van der Waals surface area contributed by atoms with Crippen LogP contribution < -0.4 is 0 Å². The fraction of sp³-hybridized carbons (Fsp3) is 0.182. The molecule has 0 fully saturated rings. The average Bonchev–Trinajstić information content (AvgIpc) is 3.11. The van der Waals surface area contributed by atoms with Crippen molar-refractivity contribution >= 4 is 43.9 Å². The molecule has 2 heterocycles. The summed E-state index contributed by atoms with van der Waals surface area (Å²) in [6.07, 6.45) is 0.966. The molecule has 0 aliphatic carbocycles. The lowest BCUT2D eigenvalue weighted by atomic mass is 10.0. The van der Waals surface area contributed by atoms with Crippen molar-refractivity contribution in [1.82, 2.24) is 0 Å². The van der Waals surface area contributed by atoms with E-state index in [1.165, 1.54) is 27.5 Å². The molecule has 118 valence electrons. The minimum absolute atomic E-state index is 0.858. The first-order chi connectivity index (χ1) is 11.7. The van der Waals surface area contributed by atoms with Crippen molar-refractivity contribution in [3.8, 4) is 0 Å². The third-order valence-electron chi connectivity index (χ3n) is 4.96. The third-order valence-corrected chi connectivity index (χ3v) is 4.96. The maximum absolute atomic E-state index is 6.26. The minimum atomic E-state index is 0.858. The van der Waals surface area contributed by atoms with Gasteiger partial charge in [0.1, 0.15) is 11.2 Å². The third kappa shape index (κ3) is 1.71. The van der Waals surface area contributed by atoms with Crippen LogP contribution >= 0.6 is 0 Å².